The summed E-state index contributed by atoms with van der Waals surface area (Å²) in [7, 11) is 3.52. The molecular formula is C21H25FN6OS. The Morgan fingerprint density at radius 3 is 2.43 bits per heavy atom. The molecule has 7 nitrogen and oxygen atoms in total. The molecule has 3 heterocycles. The second-order valence-electron chi connectivity index (χ2n) is 8.04. The highest BCUT2D eigenvalue weighted by Crippen LogP contribution is 2.31. The van der Waals surface area contributed by atoms with Gasteiger partial charge in [-0.2, -0.15) is 5.26 Å². The summed E-state index contributed by atoms with van der Waals surface area (Å²) in [6, 6.07) is 9.43. The van der Waals surface area contributed by atoms with Crippen LogP contribution in [0.1, 0.15) is 24.0 Å². The van der Waals surface area contributed by atoms with Crippen LogP contribution in [0.15, 0.2) is 24.3 Å². The minimum atomic E-state index is -0.225. The molecule has 2 saturated heterocycles. The van der Waals surface area contributed by atoms with Crippen molar-refractivity contribution >= 4 is 18.0 Å². The van der Waals surface area contributed by atoms with Crippen LogP contribution in [0, 0.1) is 27.3 Å². The molecule has 2 bridgehead atoms. The lowest BCUT2D eigenvalue weighted by molar-refractivity contribution is -0.0802. The van der Waals surface area contributed by atoms with Gasteiger partial charge in [0.1, 0.15) is 28.8 Å². The first-order valence-electron chi connectivity index (χ1n) is 9.98. The summed E-state index contributed by atoms with van der Waals surface area (Å²) in [6.07, 6.45) is 1.70. The third-order valence-electron chi connectivity index (χ3n) is 6.12. The minimum absolute atomic E-state index is 0.111. The normalized spacial score (nSPS) is 23.7. The fraction of sp³-hybridized carbons (Fsp3) is 0.476. The summed E-state index contributed by atoms with van der Waals surface area (Å²) in [5, 5.41) is 21.4. The van der Waals surface area contributed by atoms with E-state index in [1.54, 1.807) is 11.6 Å². The lowest BCUT2D eigenvalue weighted by atomic mass is 9.89. The van der Waals surface area contributed by atoms with E-state index in [-0.39, 0.29) is 29.4 Å². The van der Waals surface area contributed by atoms with E-state index in [1.807, 2.05) is 19.2 Å². The average molecular weight is 429 g/mol. The molecule has 2 fully saturated rings. The molecule has 2 unspecified atom stereocenters. The van der Waals surface area contributed by atoms with Crippen molar-refractivity contribution in [1.82, 2.24) is 14.0 Å². The zero-order chi connectivity index (χ0) is 21.4. The molecule has 4 rings (SSSR count). The fourth-order valence-corrected chi connectivity index (χ4v) is 4.68. The molecule has 1 aromatic carbocycles. The Kier molecular flexibility index (Phi) is 5.73. The zero-order valence-corrected chi connectivity index (χ0v) is 17.9. The zero-order valence-electron chi connectivity index (χ0n) is 17.1. The van der Waals surface area contributed by atoms with E-state index in [9.17, 15) is 9.65 Å². The van der Waals surface area contributed by atoms with Crippen LogP contribution in [-0.2, 0) is 25.4 Å². The standard InChI is InChI=1S/C21H25FN6OS/c1-26-19(24)18(9-23)20(27(2)21(26)30)25-15-7-16-11-29-12-17(8-15)28(16)10-13-3-5-14(22)6-4-13/h3-6,15-17,24-25H,7-8,10-12H2,1-2H3. The van der Waals surface area contributed by atoms with Gasteiger partial charge in [-0.1, -0.05) is 12.1 Å². The topological polar surface area (TPSA) is 82.0 Å². The van der Waals surface area contributed by atoms with E-state index in [4.69, 9.17) is 22.4 Å². The number of nitriles is 1. The van der Waals surface area contributed by atoms with E-state index in [1.165, 1.54) is 16.7 Å². The van der Waals surface area contributed by atoms with E-state index < -0.39 is 0 Å². The first-order valence-corrected chi connectivity index (χ1v) is 10.4. The molecule has 2 aromatic rings. The number of rotatable bonds is 4. The van der Waals surface area contributed by atoms with Crippen molar-refractivity contribution in [3.8, 4) is 6.07 Å². The quantitative estimate of drug-likeness (QED) is 0.731. The highest BCUT2D eigenvalue weighted by Gasteiger charge is 2.39. The summed E-state index contributed by atoms with van der Waals surface area (Å²) in [4.78, 5) is 2.44. The third-order valence-corrected chi connectivity index (χ3v) is 6.67. The number of nitrogens with zero attached hydrogens (tertiary/aromatic N) is 4. The molecule has 2 atom stereocenters. The minimum Gasteiger partial charge on any atom is -0.378 e. The smallest absolute Gasteiger partial charge is 0.182 e. The van der Waals surface area contributed by atoms with Gasteiger partial charge >= 0.3 is 0 Å². The molecule has 0 aliphatic carbocycles. The number of hydrogen-bond acceptors (Lipinski definition) is 6. The molecule has 30 heavy (non-hydrogen) atoms. The summed E-state index contributed by atoms with van der Waals surface area (Å²) < 4.78 is 22.8. The Labute approximate surface area is 179 Å². The Bertz CT molecular complexity index is 1090. The Balaban J connectivity index is 1.56. The van der Waals surface area contributed by atoms with Crippen molar-refractivity contribution in [2.75, 3.05) is 18.5 Å². The van der Waals surface area contributed by atoms with Crippen molar-refractivity contribution in [2.24, 2.45) is 14.1 Å². The predicted molar refractivity (Wildman–Crippen MR) is 113 cm³/mol. The van der Waals surface area contributed by atoms with E-state index >= 15 is 0 Å². The molecule has 158 valence electrons. The number of nitrogens with one attached hydrogen (secondary N) is 2. The van der Waals surface area contributed by atoms with E-state index in [0.717, 1.165) is 24.9 Å². The van der Waals surface area contributed by atoms with Crippen LogP contribution in [0.4, 0.5) is 10.2 Å². The largest absolute Gasteiger partial charge is 0.378 e. The molecule has 0 amide bonds. The molecular weight excluding hydrogens is 403 g/mol. The van der Waals surface area contributed by atoms with Gasteiger partial charge in [0.15, 0.2) is 4.77 Å². The number of hydrogen-bond donors (Lipinski definition) is 2. The van der Waals surface area contributed by atoms with Crippen molar-refractivity contribution < 1.29 is 9.13 Å². The number of anilines is 1. The maximum absolute atomic E-state index is 13.2. The summed E-state index contributed by atoms with van der Waals surface area (Å²) >= 11 is 5.43. The summed E-state index contributed by atoms with van der Waals surface area (Å²) in [6.45, 7) is 2.05. The molecule has 9 heteroatoms. The molecule has 1 aromatic heterocycles. The number of fused-ring (bicyclic) bond motifs is 2. The number of benzene rings is 1. The number of morpholine rings is 1. The second-order valence-corrected chi connectivity index (χ2v) is 8.41. The van der Waals surface area contributed by atoms with Gasteiger partial charge in [0, 0.05) is 38.8 Å². The maximum Gasteiger partial charge on any atom is 0.182 e. The lowest BCUT2D eigenvalue weighted by Crippen LogP contribution is -2.58. The van der Waals surface area contributed by atoms with Crippen LogP contribution < -0.4 is 10.8 Å². The SMILES string of the molecule is Cn1c(NC2CC3COCC(C2)N3Cc2ccc(F)cc2)c(C#N)c(=N)n(C)c1=S. The van der Waals surface area contributed by atoms with Gasteiger partial charge in [-0.3, -0.25) is 10.3 Å². The molecule has 2 N–H and O–H groups in total. The van der Waals surface area contributed by atoms with Gasteiger partial charge in [-0.25, -0.2) is 4.39 Å². The van der Waals surface area contributed by atoms with Crippen LogP contribution in [0.2, 0.25) is 0 Å². The Hall–Kier alpha value is -2.54. The van der Waals surface area contributed by atoms with Crippen molar-refractivity contribution in [3.05, 3.63) is 51.5 Å². The average Bonchev–Trinajstić information content (AvgIpc) is 2.72. The van der Waals surface area contributed by atoms with Crippen LogP contribution in [0.25, 0.3) is 0 Å². The van der Waals surface area contributed by atoms with Crippen molar-refractivity contribution in [2.45, 2.75) is 37.5 Å². The number of ether oxygens (including phenoxy) is 1. The van der Waals surface area contributed by atoms with Gasteiger partial charge in [-0.15, -0.1) is 0 Å². The number of piperidine rings is 1. The van der Waals surface area contributed by atoms with Gasteiger partial charge in [0.25, 0.3) is 0 Å². The van der Waals surface area contributed by atoms with Crippen LogP contribution in [0.5, 0.6) is 0 Å². The lowest BCUT2D eigenvalue weighted by Gasteiger charge is -2.49. The van der Waals surface area contributed by atoms with Gasteiger partial charge in [0.05, 0.1) is 13.2 Å². The Morgan fingerprint density at radius 1 is 1.20 bits per heavy atom. The van der Waals surface area contributed by atoms with Crippen molar-refractivity contribution in [3.63, 3.8) is 0 Å². The maximum atomic E-state index is 13.2. The van der Waals surface area contributed by atoms with Gasteiger partial charge in [0.2, 0.25) is 0 Å². The summed E-state index contributed by atoms with van der Waals surface area (Å²) in [5.74, 6) is 0.374. The molecule has 2 aliphatic heterocycles. The molecule has 2 aliphatic rings. The van der Waals surface area contributed by atoms with Crippen LogP contribution >= 0.6 is 12.2 Å². The van der Waals surface area contributed by atoms with Gasteiger partial charge in [-0.05, 0) is 42.8 Å². The monoisotopic (exact) mass is 428 g/mol. The van der Waals surface area contributed by atoms with Crippen LogP contribution in [-0.4, -0.2) is 45.4 Å². The van der Waals surface area contributed by atoms with E-state index in [2.05, 4.69) is 16.3 Å². The third kappa shape index (κ3) is 3.78. The number of halogens is 1. The highest BCUT2D eigenvalue weighted by molar-refractivity contribution is 7.71. The highest BCUT2D eigenvalue weighted by atomic mass is 32.1. The first-order chi connectivity index (χ1) is 14.4. The summed E-state index contributed by atoms with van der Waals surface area (Å²) in [5.41, 5.74) is 1.49. The molecule has 0 radical (unpaired) electrons. The van der Waals surface area contributed by atoms with Crippen LogP contribution in [0.3, 0.4) is 0 Å². The molecule has 0 saturated carbocycles. The molecule has 0 spiro atoms. The van der Waals surface area contributed by atoms with Crippen molar-refractivity contribution in [1.29, 1.82) is 10.7 Å². The number of aromatic nitrogens is 2. The van der Waals surface area contributed by atoms with Gasteiger partial charge < -0.3 is 19.2 Å². The second kappa shape index (κ2) is 8.30. The fourth-order valence-electron chi connectivity index (χ4n) is 4.50. The van der Waals surface area contributed by atoms with E-state index in [0.29, 0.717) is 29.4 Å². The first kappa shape index (κ1) is 20.7. The predicted octanol–water partition coefficient (Wildman–Crippen LogP) is 2.43. The Morgan fingerprint density at radius 2 is 1.83 bits per heavy atom.